The summed E-state index contributed by atoms with van der Waals surface area (Å²) >= 11 is 1.67. The predicted molar refractivity (Wildman–Crippen MR) is 89.3 cm³/mol. The highest BCUT2D eigenvalue weighted by Crippen LogP contribution is 2.34. The van der Waals surface area contributed by atoms with E-state index >= 15 is 0 Å². The first kappa shape index (κ1) is 14.8. The highest BCUT2D eigenvalue weighted by atomic mass is 32.2. The quantitative estimate of drug-likeness (QED) is 0.680. The van der Waals surface area contributed by atoms with Gasteiger partial charge in [-0.05, 0) is 47.9 Å². The number of hydrogen-bond acceptors (Lipinski definition) is 4. The molecule has 1 atom stereocenters. The second-order valence-electron chi connectivity index (χ2n) is 5.28. The molecule has 2 aromatic carbocycles. The molecule has 0 bridgehead atoms. The van der Waals surface area contributed by atoms with E-state index in [-0.39, 0.29) is 5.25 Å². The van der Waals surface area contributed by atoms with Gasteiger partial charge in [-0.2, -0.15) is 4.68 Å². The number of aromatic nitrogens is 4. The average molecular weight is 310 g/mol. The second-order valence-corrected chi connectivity index (χ2v) is 6.59. The highest BCUT2D eigenvalue weighted by Gasteiger charge is 2.16. The zero-order chi connectivity index (χ0) is 15.5. The standard InChI is InChI=1S/C17H18N4S/c1-12-8-7-9-13(2)16(12)21-17(18-19-20-21)22-14(3)15-10-5-4-6-11-15/h4-11,14H,1-3H3. The summed E-state index contributed by atoms with van der Waals surface area (Å²) in [6.07, 6.45) is 0. The lowest BCUT2D eigenvalue weighted by atomic mass is 10.1. The lowest BCUT2D eigenvalue weighted by Gasteiger charge is -2.13. The summed E-state index contributed by atoms with van der Waals surface area (Å²) in [5.74, 6) is 0. The molecule has 112 valence electrons. The van der Waals surface area contributed by atoms with Crippen LogP contribution in [0.3, 0.4) is 0 Å². The smallest absolute Gasteiger partial charge is 0.187 e. The van der Waals surface area contributed by atoms with E-state index in [1.54, 1.807) is 11.8 Å². The summed E-state index contributed by atoms with van der Waals surface area (Å²) in [6.45, 7) is 6.34. The van der Waals surface area contributed by atoms with Crippen molar-refractivity contribution in [3.8, 4) is 5.69 Å². The van der Waals surface area contributed by atoms with Crippen LogP contribution < -0.4 is 0 Å². The Labute approximate surface area is 134 Å². The van der Waals surface area contributed by atoms with Crippen molar-refractivity contribution in [1.82, 2.24) is 20.2 Å². The molecule has 0 fully saturated rings. The summed E-state index contributed by atoms with van der Waals surface area (Å²) in [5.41, 5.74) is 4.67. The van der Waals surface area contributed by atoms with Crippen LogP contribution in [-0.4, -0.2) is 20.2 Å². The van der Waals surface area contributed by atoms with Crippen molar-refractivity contribution < 1.29 is 0 Å². The Morgan fingerprint density at radius 1 is 0.955 bits per heavy atom. The van der Waals surface area contributed by atoms with Crippen molar-refractivity contribution in [3.05, 3.63) is 65.2 Å². The van der Waals surface area contributed by atoms with Gasteiger partial charge in [0, 0.05) is 5.25 Å². The average Bonchev–Trinajstić information content (AvgIpc) is 2.96. The van der Waals surface area contributed by atoms with Gasteiger partial charge in [-0.25, -0.2) is 0 Å². The Morgan fingerprint density at radius 2 is 1.64 bits per heavy atom. The monoisotopic (exact) mass is 310 g/mol. The summed E-state index contributed by atoms with van der Waals surface area (Å²) in [4.78, 5) is 0. The number of nitrogens with zero attached hydrogens (tertiary/aromatic N) is 4. The summed E-state index contributed by atoms with van der Waals surface area (Å²) in [7, 11) is 0. The minimum Gasteiger partial charge on any atom is -0.187 e. The molecule has 3 aromatic rings. The largest absolute Gasteiger partial charge is 0.214 e. The van der Waals surface area contributed by atoms with Crippen LogP contribution >= 0.6 is 11.8 Å². The van der Waals surface area contributed by atoms with E-state index in [1.807, 2.05) is 10.7 Å². The van der Waals surface area contributed by atoms with Crippen molar-refractivity contribution in [1.29, 1.82) is 0 Å². The number of para-hydroxylation sites is 1. The molecule has 0 saturated carbocycles. The maximum atomic E-state index is 4.21. The molecule has 4 nitrogen and oxygen atoms in total. The molecule has 0 spiro atoms. The fourth-order valence-corrected chi connectivity index (χ4v) is 3.40. The van der Waals surface area contributed by atoms with Crippen LogP contribution in [0.5, 0.6) is 0 Å². The number of hydrogen-bond donors (Lipinski definition) is 0. The van der Waals surface area contributed by atoms with E-state index in [1.165, 1.54) is 16.7 Å². The van der Waals surface area contributed by atoms with Gasteiger partial charge >= 0.3 is 0 Å². The number of thioether (sulfide) groups is 1. The van der Waals surface area contributed by atoms with Crippen molar-refractivity contribution in [2.45, 2.75) is 31.2 Å². The SMILES string of the molecule is Cc1cccc(C)c1-n1nnnc1SC(C)c1ccccc1. The van der Waals surface area contributed by atoms with Crippen molar-refractivity contribution in [2.75, 3.05) is 0 Å². The van der Waals surface area contributed by atoms with Crippen LogP contribution in [0.15, 0.2) is 53.7 Å². The van der Waals surface area contributed by atoms with Crippen LogP contribution in [0.4, 0.5) is 0 Å². The normalized spacial score (nSPS) is 12.3. The second kappa shape index (κ2) is 6.32. The highest BCUT2D eigenvalue weighted by molar-refractivity contribution is 7.99. The van der Waals surface area contributed by atoms with Crippen LogP contribution in [0.25, 0.3) is 5.69 Å². The molecule has 22 heavy (non-hydrogen) atoms. The van der Waals surface area contributed by atoms with Crippen LogP contribution in [0.1, 0.15) is 28.9 Å². The fraction of sp³-hybridized carbons (Fsp3) is 0.235. The Hall–Kier alpha value is -2.14. The molecule has 5 heteroatoms. The Morgan fingerprint density at radius 3 is 2.32 bits per heavy atom. The van der Waals surface area contributed by atoms with E-state index in [9.17, 15) is 0 Å². The van der Waals surface area contributed by atoms with Gasteiger partial charge in [0.1, 0.15) is 0 Å². The first-order chi connectivity index (χ1) is 10.7. The van der Waals surface area contributed by atoms with Crippen LogP contribution in [-0.2, 0) is 0 Å². The molecule has 1 aromatic heterocycles. The molecule has 0 radical (unpaired) electrons. The summed E-state index contributed by atoms with van der Waals surface area (Å²) in [5, 5.41) is 13.4. The number of aryl methyl sites for hydroxylation is 2. The van der Waals surface area contributed by atoms with Gasteiger partial charge in [-0.3, -0.25) is 0 Å². The Balaban J connectivity index is 1.93. The lowest BCUT2D eigenvalue weighted by molar-refractivity contribution is 0.746. The third-order valence-corrected chi connectivity index (χ3v) is 4.73. The number of rotatable bonds is 4. The first-order valence-corrected chi connectivity index (χ1v) is 8.11. The minimum atomic E-state index is 0.287. The maximum absolute atomic E-state index is 4.21. The van der Waals surface area contributed by atoms with Crippen molar-refractivity contribution in [2.24, 2.45) is 0 Å². The zero-order valence-corrected chi connectivity index (χ0v) is 13.7. The zero-order valence-electron chi connectivity index (χ0n) is 12.9. The van der Waals surface area contributed by atoms with Crippen LogP contribution in [0.2, 0.25) is 0 Å². The number of tetrazole rings is 1. The fourth-order valence-electron chi connectivity index (χ4n) is 2.48. The van der Waals surface area contributed by atoms with Crippen molar-refractivity contribution >= 4 is 11.8 Å². The molecular weight excluding hydrogens is 292 g/mol. The van der Waals surface area contributed by atoms with Crippen LogP contribution in [0, 0.1) is 13.8 Å². The van der Waals surface area contributed by atoms with Gasteiger partial charge in [-0.15, -0.1) is 5.10 Å². The Kier molecular flexibility index (Phi) is 4.24. The molecule has 1 heterocycles. The van der Waals surface area contributed by atoms with E-state index in [0.29, 0.717) is 0 Å². The van der Waals surface area contributed by atoms with Gasteiger partial charge in [0.25, 0.3) is 0 Å². The third-order valence-electron chi connectivity index (χ3n) is 3.64. The van der Waals surface area contributed by atoms with Gasteiger partial charge < -0.3 is 0 Å². The number of benzene rings is 2. The van der Waals surface area contributed by atoms with E-state index < -0.39 is 0 Å². The molecule has 0 aliphatic rings. The molecule has 0 aliphatic carbocycles. The maximum Gasteiger partial charge on any atom is 0.214 e. The Bertz CT molecular complexity index is 747. The molecule has 3 rings (SSSR count). The van der Waals surface area contributed by atoms with E-state index in [4.69, 9.17) is 0 Å². The third kappa shape index (κ3) is 2.90. The van der Waals surface area contributed by atoms with Gasteiger partial charge in [-0.1, -0.05) is 60.3 Å². The van der Waals surface area contributed by atoms with E-state index in [2.05, 4.69) is 78.8 Å². The molecule has 1 unspecified atom stereocenters. The first-order valence-electron chi connectivity index (χ1n) is 7.23. The predicted octanol–water partition coefficient (Wildman–Crippen LogP) is 4.13. The topological polar surface area (TPSA) is 43.6 Å². The van der Waals surface area contributed by atoms with Gasteiger partial charge in [0.2, 0.25) is 5.16 Å². The summed E-state index contributed by atoms with van der Waals surface area (Å²) in [6, 6.07) is 16.6. The summed E-state index contributed by atoms with van der Waals surface area (Å²) < 4.78 is 1.84. The van der Waals surface area contributed by atoms with E-state index in [0.717, 1.165) is 10.8 Å². The van der Waals surface area contributed by atoms with Crippen molar-refractivity contribution in [3.63, 3.8) is 0 Å². The minimum absolute atomic E-state index is 0.287. The molecule has 0 saturated heterocycles. The molecular formula is C17H18N4S. The molecule has 0 N–H and O–H groups in total. The molecule has 0 amide bonds. The molecule has 0 aliphatic heterocycles. The van der Waals surface area contributed by atoms with Gasteiger partial charge in [0.15, 0.2) is 0 Å². The van der Waals surface area contributed by atoms with Gasteiger partial charge in [0.05, 0.1) is 5.69 Å². The lowest BCUT2D eigenvalue weighted by Crippen LogP contribution is -2.04.